The van der Waals surface area contributed by atoms with Gasteiger partial charge in [0, 0.05) is 6.04 Å². The number of carbonyl (C=O) groups excluding carboxylic acids is 2. The molecule has 0 spiro atoms. The van der Waals surface area contributed by atoms with Crippen LogP contribution in [0, 0.1) is 6.92 Å². The first-order chi connectivity index (χ1) is 8.93. The second-order valence-electron chi connectivity index (χ2n) is 4.72. The number of ketones is 1. The molecule has 1 atom stereocenters. The van der Waals surface area contributed by atoms with Crippen LogP contribution in [-0.4, -0.2) is 24.3 Å². The Morgan fingerprint density at radius 2 is 2.05 bits per heavy atom. The van der Waals surface area contributed by atoms with Crippen molar-refractivity contribution >= 4 is 11.7 Å². The van der Waals surface area contributed by atoms with Crippen molar-refractivity contribution in [1.82, 2.24) is 5.32 Å². The molecule has 0 aromatic heterocycles. The molecular weight excluding hydrogens is 242 g/mol. The van der Waals surface area contributed by atoms with Crippen LogP contribution in [0.25, 0.3) is 0 Å². The Labute approximate surface area is 114 Å². The lowest BCUT2D eigenvalue weighted by atomic mass is 10.1. The molecule has 4 nitrogen and oxygen atoms in total. The number of rotatable bonds is 6. The summed E-state index contributed by atoms with van der Waals surface area (Å²) in [6.45, 7) is 7.25. The smallest absolute Gasteiger partial charge is 0.258 e. The van der Waals surface area contributed by atoms with Crippen molar-refractivity contribution in [2.75, 3.05) is 6.61 Å². The Bertz CT molecular complexity index is 468. The summed E-state index contributed by atoms with van der Waals surface area (Å²) >= 11 is 0. The number of Topliss-reactive ketones (excluding diaryl/α,β-unsaturated/α-hetero) is 1. The second-order valence-corrected chi connectivity index (χ2v) is 4.72. The molecule has 0 aliphatic carbocycles. The molecule has 1 unspecified atom stereocenters. The maximum atomic E-state index is 11.6. The summed E-state index contributed by atoms with van der Waals surface area (Å²) < 4.78 is 5.43. The second kappa shape index (κ2) is 6.92. The van der Waals surface area contributed by atoms with Crippen molar-refractivity contribution in [2.24, 2.45) is 0 Å². The van der Waals surface area contributed by atoms with Crippen molar-refractivity contribution in [2.45, 2.75) is 40.2 Å². The zero-order valence-corrected chi connectivity index (χ0v) is 11.9. The highest BCUT2D eigenvalue weighted by atomic mass is 16.5. The fourth-order valence-corrected chi connectivity index (χ4v) is 1.61. The quantitative estimate of drug-likeness (QED) is 0.802. The molecular formula is C15H21NO3. The van der Waals surface area contributed by atoms with E-state index in [1.54, 1.807) is 12.1 Å². The minimum Gasteiger partial charge on any atom is -0.483 e. The van der Waals surface area contributed by atoms with Crippen LogP contribution in [-0.2, 0) is 4.79 Å². The summed E-state index contributed by atoms with van der Waals surface area (Å²) in [7, 11) is 0. The average molecular weight is 263 g/mol. The lowest BCUT2D eigenvalue weighted by Gasteiger charge is -2.13. The molecule has 19 heavy (non-hydrogen) atoms. The van der Waals surface area contributed by atoms with Gasteiger partial charge in [-0.15, -0.1) is 0 Å². The summed E-state index contributed by atoms with van der Waals surface area (Å²) in [6, 6.07) is 5.47. The zero-order chi connectivity index (χ0) is 14.4. The third kappa shape index (κ3) is 4.73. The molecule has 1 aromatic rings. The van der Waals surface area contributed by atoms with Gasteiger partial charge in [-0.1, -0.05) is 18.6 Å². The maximum Gasteiger partial charge on any atom is 0.258 e. The van der Waals surface area contributed by atoms with Gasteiger partial charge in [0.2, 0.25) is 0 Å². The van der Waals surface area contributed by atoms with Gasteiger partial charge < -0.3 is 10.1 Å². The minimum atomic E-state index is -0.176. The van der Waals surface area contributed by atoms with Gasteiger partial charge >= 0.3 is 0 Å². The predicted octanol–water partition coefficient (Wildman–Crippen LogP) is 2.49. The molecule has 4 heteroatoms. The largest absolute Gasteiger partial charge is 0.483 e. The first-order valence-electron chi connectivity index (χ1n) is 6.47. The van der Waals surface area contributed by atoms with Crippen molar-refractivity contribution in [3.8, 4) is 5.75 Å². The topological polar surface area (TPSA) is 55.4 Å². The summed E-state index contributed by atoms with van der Waals surface area (Å²) in [6.07, 6.45) is 0.870. The molecule has 0 radical (unpaired) electrons. The van der Waals surface area contributed by atoms with Crippen molar-refractivity contribution in [3.05, 3.63) is 29.3 Å². The van der Waals surface area contributed by atoms with Gasteiger partial charge in [-0.3, -0.25) is 9.59 Å². The molecule has 0 aliphatic heterocycles. The zero-order valence-electron chi connectivity index (χ0n) is 11.9. The van der Waals surface area contributed by atoms with Crippen LogP contribution in [0.4, 0.5) is 0 Å². The van der Waals surface area contributed by atoms with Crippen molar-refractivity contribution in [3.63, 3.8) is 0 Å². The summed E-state index contributed by atoms with van der Waals surface area (Å²) in [5, 5.41) is 2.81. The first kappa shape index (κ1) is 15.2. The Morgan fingerprint density at radius 1 is 1.37 bits per heavy atom. The molecule has 0 saturated carbocycles. The number of benzene rings is 1. The van der Waals surface area contributed by atoms with E-state index < -0.39 is 0 Å². The van der Waals surface area contributed by atoms with Crippen LogP contribution >= 0.6 is 0 Å². The number of carbonyl (C=O) groups is 2. The van der Waals surface area contributed by atoms with E-state index in [1.165, 1.54) is 6.92 Å². The fraction of sp³-hybridized carbons (Fsp3) is 0.467. The highest BCUT2D eigenvalue weighted by molar-refractivity contribution is 5.97. The van der Waals surface area contributed by atoms with Crippen LogP contribution < -0.4 is 10.1 Å². The van der Waals surface area contributed by atoms with E-state index in [2.05, 4.69) is 5.32 Å². The molecule has 0 aliphatic rings. The lowest BCUT2D eigenvalue weighted by molar-refractivity contribution is -0.123. The number of ether oxygens (including phenoxy) is 1. The number of hydrogen-bond donors (Lipinski definition) is 1. The number of hydrogen-bond acceptors (Lipinski definition) is 3. The van der Waals surface area contributed by atoms with Crippen LogP contribution in [0.3, 0.4) is 0 Å². The highest BCUT2D eigenvalue weighted by Crippen LogP contribution is 2.20. The van der Waals surface area contributed by atoms with E-state index in [0.717, 1.165) is 12.0 Å². The van der Waals surface area contributed by atoms with Gasteiger partial charge in [0.15, 0.2) is 12.4 Å². The Morgan fingerprint density at radius 3 is 2.63 bits per heavy atom. The Balaban J connectivity index is 2.67. The van der Waals surface area contributed by atoms with Crippen LogP contribution in [0.5, 0.6) is 5.75 Å². The normalized spacial score (nSPS) is 11.8. The molecule has 0 heterocycles. The molecule has 104 valence electrons. The predicted molar refractivity (Wildman–Crippen MR) is 74.6 cm³/mol. The van der Waals surface area contributed by atoms with Crippen LogP contribution in [0.2, 0.25) is 0 Å². The Hall–Kier alpha value is -1.84. The molecule has 0 bridgehead atoms. The van der Waals surface area contributed by atoms with E-state index in [1.807, 2.05) is 26.8 Å². The van der Waals surface area contributed by atoms with Crippen LogP contribution in [0.15, 0.2) is 18.2 Å². The number of aryl methyl sites for hydroxylation is 1. The standard InChI is InChI=1S/C15H21NO3/c1-5-11(3)16-15(18)9-19-14-7-6-10(2)8-13(14)12(4)17/h6-8,11H,5,9H2,1-4H3,(H,16,18). The molecule has 1 N–H and O–H groups in total. The van der Waals surface area contributed by atoms with Crippen LogP contribution in [0.1, 0.15) is 43.1 Å². The fourth-order valence-electron chi connectivity index (χ4n) is 1.61. The van der Waals surface area contributed by atoms with Gasteiger partial charge in [0.25, 0.3) is 5.91 Å². The summed E-state index contributed by atoms with van der Waals surface area (Å²) in [4.78, 5) is 23.1. The summed E-state index contributed by atoms with van der Waals surface area (Å²) in [5.41, 5.74) is 1.50. The van der Waals surface area contributed by atoms with E-state index in [4.69, 9.17) is 4.74 Å². The van der Waals surface area contributed by atoms with E-state index in [9.17, 15) is 9.59 Å². The Kier molecular flexibility index (Phi) is 5.55. The SMILES string of the molecule is CCC(C)NC(=O)COc1ccc(C)cc1C(C)=O. The van der Waals surface area contributed by atoms with E-state index in [-0.39, 0.29) is 24.3 Å². The lowest BCUT2D eigenvalue weighted by Crippen LogP contribution is -2.35. The van der Waals surface area contributed by atoms with Gasteiger partial charge in [-0.25, -0.2) is 0 Å². The minimum absolute atomic E-state index is 0.0685. The molecule has 0 fully saturated rings. The third-order valence-electron chi connectivity index (χ3n) is 2.89. The maximum absolute atomic E-state index is 11.6. The highest BCUT2D eigenvalue weighted by Gasteiger charge is 2.11. The van der Waals surface area contributed by atoms with Gasteiger partial charge in [-0.2, -0.15) is 0 Å². The third-order valence-corrected chi connectivity index (χ3v) is 2.89. The van der Waals surface area contributed by atoms with Gasteiger partial charge in [-0.05, 0) is 39.3 Å². The summed E-state index contributed by atoms with van der Waals surface area (Å²) in [5.74, 6) is 0.211. The molecule has 1 aromatic carbocycles. The first-order valence-corrected chi connectivity index (χ1v) is 6.47. The van der Waals surface area contributed by atoms with Gasteiger partial charge in [0.05, 0.1) is 5.56 Å². The van der Waals surface area contributed by atoms with E-state index >= 15 is 0 Å². The van der Waals surface area contributed by atoms with Gasteiger partial charge in [0.1, 0.15) is 5.75 Å². The molecule has 0 saturated heterocycles. The molecule has 1 amide bonds. The average Bonchev–Trinajstić information content (AvgIpc) is 2.36. The number of nitrogens with one attached hydrogen (secondary N) is 1. The van der Waals surface area contributed by atoms with Crippen molar-refractivity contribution < 1.29 is 14.3 Å². The monoisotopic (exact) mass is 263 g/mol. The van der Waals surface area contributed by atoms with Crippen molar-refractivity contribution in [1.29, 1.82) is 0 Å². The molecule has 1 rings (SSSR count). The number of amides is 1. The van der Waals surface area contributed by atoms with E-state index in [0.29, 0.717) is 11.3 Å².